The Morgan fingerprint density at radius 2 is 1.90 bits per heavy atom. The minimum atomic E-state index is -0.745. The van der Waals surface area contributed by atoms with Crippen LogP contribution in [0.25, 0.3) is 0 Å². The Morgan fingerprint density at radius 3 is 2.56 bits per heavy atom. The molecule has 1 aliphatic carbocycles. The van der Waals surface area contributed by atoms with E-state index in [1.54, 1.807) is 22.7 Å². The number of aliphatic hydroxyl groups is 1. The van der Waals surface area contributed by atoms with E-state index < -0.39 is 28.7 Å². The Labute approximate surface area is 235 Å². The highest BCUT2D eigenvalue weighted by atomic mass is 32.2. The molecule has 0 radical (unpaired) electrons. The van der Waals surface area contributed by atoms with Gasteiger partial charge in [-0.1, -0.05) is 68.3 Å². The fourth-order valence-corrected chi connectivity index (χ4v) is 9.70. The van der Waals surface area contributed by atoms with Crippen LogP contribution in [0.3, 0.4) is 0 Å². The van der Waals surface area contributed by atoms with Crippen LogP contribution in [0.4, 0.5) is 0 Å². The third-order valence-corrected chi connectivity index (χ3v) is 11.1. The second-order valence-corrected chi connectivity index (χ2v) is 12.9. The zero-order valence-corrected chi connectivity index (χ0v) is 23.4. The van der Waals surface area contributed by atoms with Crippen molar-refractivity contribution in [3.63, 3.8) is 0 Å². The molecule has 4 aliphatic rings. The van der Waals surface area contributed by atoms with Gasteiger partial charge in [0.25, 0.3) is 0 Å². The monoisotopic (exact) mass is 552 g/mol. The van der Waals surface area contributed by atoms with E-state index in [1.165, 1.54) is 12.5 Å². The molecular formula is C31H40N2O5S. The van der Waals surface area contributed by atoms with E-state index in [4.69, 9.17) is 4.74 Å². The molecule has 7 nitrogen and oxygen atoms in total. The van der Waals surface area contributed by atoms with Crippen LogP contribution >= 0.6 is 11.8 Å². The van der Waals surface area contributed by atoms with Crippen LogP contribution in [0.1, 0.15) is 50.5 Å². The average molecular weight is 553 g/mol. The van der Waals surface area contributed by atoms with Crippen LogP contribution < -0.4 is 0 Å². The molecule has 1 N–H and O–H groups in total. The second-order valence-electron chi connectivity index (χ2n) is 11.3. The molecule has 1 saturated carbocycles. The van der Waals surface area contributed by atoms with Gasteiger partial charge in [-0.05, 0) is 37.7 Å². The lowest BCUT2D eigenvalue weighted by atomic mass is 9.71. The summed E-state index contributed by atoms with van der Waals surface area (Å²) in [6.45, 7) is 7.83. The van der Waals surface area contributed by atoms with Crippen LogP contribution in [0.5, 0.6) is 0 Å². The lowest BCUT2D eigenvalue weighted by molar-refractivity contribution is -0.153. The van der Waals surface area contributed by atoms with Gasteiger partial charge in [0.15, 0.2) is 0 Å². The Morgan fingerprint density at radius 1 is 1.15 bits per heavy atom. The fraction of sp³-hybridized carbons (Fsp3) is 0.581. The lowest BCUT2D eigenvalue weighted by Gasteiger charge is -2.42. The molecule has 4 fully saturated rings. The number of rotatable bonds is 11. The Hall–Kier alpha value is -2.58. The van der Waals surface area contributed by atoms with Gasteiger partial charge in [-0.15, -0.1) is 18.3 Å². The van der Waals surface area contributed by atoms with Crippen molar-refractivity contribution in [3.05, 3.63) is 61.2 Å². The Kier molecular flexibility index (Phi) is 8.52. The van der Waals surface area contributed by atoms with Gasteiger partial charge in [-0.2, -0.15) is 0 Å². The third-order valence-electron chi connectivity index (χ3n) is 9.13. The van der Waals surface area contributed by atoms with Gasteiger partial charge in [0.1, 0.15) is 12.6 Å². The summed E-state index contributed by atoms with van der Waals surface area (Å²) in [5, 5.41) is 10.6. The van der Waals surface area contributed by atoms with Crippen molar-refractivity contribution in [3.8, 4) is 0 Å². The molecule has 210 valence electrons. The van der Waals surface area contributed by atoms with E-state index in [-0.39, 0.29) is 42.3 Å². The number of likely N-dealkylation sites (tertiary alicyclic amines) is 1. The molecule has 1 aromatic rings. The first-order valence-corrected chi connectivity index (χ1v) is 15.2. The summed E-state index contributed by atoms with van der Waals surface area (Å²) < 4.78 is 4.76. The first-order valence-electron chi connectivity index (χ1n) is 14.3. The molecule has 6 atom stereocenters. The van der Waals surface area contributed by atoms with Crippen LogP contribution in [0, 0.1) is 11.8 Å². The molecule has 2 unspecified atom stereocenters. The van der Waals surface area contributed by atoms with Gasteiger partial charge in [-0.3, -0.25) is 14.4 Å². The van der Waals surface area contributed by atoms with Crippen molar-refractivity contribution in [1.82, 2.24) is 9.80 Å². The number of aliphatic hydroxyl groups excluding tert-OH is 1. The first-order chi connectivity index (χ1) is 19.0. The lowest BCUT2D eigenvalue weighted by Crippen LogP contribution is -2.59. The minimum Gasteiger partial charge on any atom is -0.461 e. The zero-order valence-electron chi connectivity index (χ0n) is 22.6. The summed E-state index contributed by atoms with van der Waals surface area (Å²) >= 11 is 1.64. The van der Waals surface area contributed by atoms with Gasteiger partial charge in [-0.25, -0.2) is 0 Å². The molecule has 3 saturated heterocycles. The molecule has 5 rings (SSSR count). The van der Waals surface area contributed by atoms with Gasteiger partial charge in [0.2, 0.25) is 11.8 Å². The van der Waals surface area contributed by atoms with Crippen LogP contribution in [0.2, 0.25) is 0 Å². The van der Waals surface area contributed by atoms with Crippen molar-refractivity contribution in [2.75, 3.05) is 19.8 Å². The van der Waals surface area contributed by atoms with Crippen LogP contribution in [-0.4, -0.2) is 80.6 Å². The van der Waals surface area contributed by atoms with Crippen molar-refractivity contribution >= 4 is 29.5 Å². The standard InChI is InChI=1S/C31H40N2O5S/c1-3-17-32(22-13-9-6-10-14-22)29(36)27-31-16-15-24(39-31)25(30(37)38-18-4-2)26(31)28(35)33(27)23(20-34)19-21-11-7-5-8-12-21/h3-5,7-8,11-12,22-27,34H,1-2,6,9-10,13-20H2/t23-,24+,25-,26+,27?,31?/m1/s1. The topological polar surface area (TPSA) is 87.2 Å². The fourth-order valence-electron chi connectivity index (χ4n) is 7.51. The van der Waals surface area contributed by atoms with Crippen molar-refractivity contribution in [2.24, 2.45) is 11.8 Å². The number of fused-ring (bicyclic) bond motifs is 1. The molecule has 1 spiro atoms. The van der Waals surface area contributed by atoms with Crippen molar-refractivity contribution in [2.45, 2.75) is 79.5 Å². The number of thioether (sulfide) groups is 1. The van der Waals surface area contributed by atoms with Gasteiger partial charge >= 0.3 is 5.97 Å². The summed E-state index contributed by atoms with van der Waals surface area (Å²) in [6, 6.07) is 8.53. The SMILES string of the molecule is C=CCOC(=O)[C@@H]1[C@@H]2CCC3(S2)C(C(=O)N(CC=C)C2CCCCC2)N([C@@H](CO)Cc2ccccc2)C(=O)[C@H]13. The van der Waals surface area contributed by atoms with E-state index in [9.17, 15) is 19.5 Å². The largest absolute Gasteiger partial charge is 0.461 e. The molecule has 39 heavy (non-hydrogen) atoms. The summed E-state index contributed by atoms with van der Waals surface area (Å²) in [7, 11) is 0. The number of carbonyl (C=O) groups is 3. The molecule has 3 heterocycles. The number of carbonyl (C=O) groups excluding carboxylic acids is 3. The molecule has 1 aromatic carbocycles. The maximum absolute atomic E-state index is 14.7. The van der Waals surface area contributed by atoms with Crippen LogP contribution in [-0.2, 0) is 25.5 Å². The highest BCUT2D eigenvalue weighted by Crippen LogP contribution is 2.67. The minimum absolute atomic E-state index is 0.0575. The number of esters is 1. The number of ether oxygens (including phenoxy) is 1. The Bertz CT molecular complexity index is 1090. The van der Waals surface area contributed by atoms with Gasteiger partial charge in [0.05, 0.1) is 29.2 Å². The van der Waals surface area contributed by atoms with E-state index in [0.717, 1.165) is 37.7 Å². The normalized spacial score (nSPS) is 30.6. The van der Waals surface area contributed by atoms with Crippen molar-refractivity contribution < 1.29 is 24.2 Å². The van der Waals surface area contributed by atoms with E-state index in [1.807, 2.05) is 35.2 Å². The number of nitrogens with zero attached hydrogens (tertiary/aromatic N) is 2. The third kappa shape index (κ3) is 4.95. The quantitative estimate of drug-likeness (QED) is 0.332. The summed E-state index contributed by atoms with van der Waals surface area (Å²) in [5.41, 5.74) is 0.985. The number of hydrogen-bond acceptors (Lipinski definition) is 6. The smallest absolute Gasteiger partial charge is 0.311 e. The Balaban J connectivity index is 1.55. The number of amides is 2. The number of benzene rings is 1. The number of hydrogen-bond donors (Lipinski definition) is 1. The molecule has 0 aromatic heterocycles. The molecule has 8 heteroatoms. The predicted octanol–water partition coefficient (Wildman–Crippen LogP) is 3.76. The average Bonchev–Trinajstić information content (AvgIpc) is 3.61. The van der Waals surface area contributed by atoms with E-state index in [2.05, 4.69) is 13.2 Å². The zero-order chi connectivity index (χ0) is 27.6. The highest BCUT2D eigenvalue weighted by molar-refractivity contribution is 8.02. The first kappa shape index (κ1) is 28.0. The van der Waals surface area contributed by atoms with Gasteiger partial charge < -0.3 is 19.6 Å². The summed E-state index contributed by atoms with van der Waals surface area (Å²) in [5.74, 6) is -1.92. The molecule has 2 amide bonds. The van der Waals surface area contributed by atoms with E-state index >= 15 is 0 Å². The molecular weight excluding hydrogens is 512 g/mol. The molecule has 3 aliphatic heterocycles. The molecule has 2 bridgehead atoms. The van der Waals surface area contributed by atoms with Crippen LogP contribution in [0.15, 0.2) is 55.6 Å². The summed E-state index contributed by atoms with van der Waals surface area (Å²) in [4.78, 5) is 46.0. The van der Waals surface area contributed by atoms with Crippen molar-refractivity contribution in [1.29, 1.82) is 0 Å². The maximum Gasteiger partial charge on any atom is 0.311 e. The maximum atomic E-state index is 14.7. The van der Waals surface area contributed by atoms with E-state index in [0.29, 0.717) is 19.4 Å². The highest BCUT2D eigenvalue weighted by Gasteiger charge is 2.74. The summed E-state index contributed by atoms with van der Waals surface area (Å²) in [6.07, 6.45) is 10.4. The van der Waals surface area contributed by atoms with Gasteiger partial charge in [0, 0.05) is 17.8 Å². The second kappa shape index (κ2) is 11.9. The predicted molar refractivity (Wildman–Crippen MR) is 152 cm³/mol.